The van der Waals surface area contributed by atoms with Crippen LogP contribution in [-0.4, -0.2) is 36.8 Å². The Kier molecular flexibility index (Phi) is 7.78. The molecule has 1 heterocycles. The van der Waals surface area contributed by atoms with Crippen molar-refractivity contribution in [1.82, 2.24) is 20.2 Å². The minimum Gasteiger partial charge on any atom is -0.384 e. The normalized spacial score (nSPS) is 26.5. The highest BCUT2D eigenvalue weighted by molar-refractivity contribution is 5.55. The second-order valence-corrected chi connectivity index (χ2v) is 11.9. The van der Waals surface area contributed by atoms with Crippen molar-refractivity contribution in [3.8, 4) is 11.4 Å². The molecule has 1 N–H and O–H groups in total. The van der Waals surface area contributed by atoms with Gasteiger partial charge in [-0.3, -0.25) is 0 Å². The quantitative estimate of drug-likeness (QED) is 0.281. The summed E-state index contributed by atoms with van der Waals surface area (Å²) in [5.74, 6) is -1.94. The third-order valence-corrected chi connectivity index (χ3v) is 9.06. The molecule has 38 heavy (non-hydrogen) atoms. The predicted octanol–water partition coefficient (Wildman–Crippen LogP) is 7.32. The molecule has 5 nitrogen and oxygen atoms in total. The van der Waals surface area contributed by atoms with E-state index in [0.29, 0.717) is 36.2 Å². The van der Waals surface area contributed by atoms with Gasteiger partial charge in [-0.15, -0.1) is 5.10 Å². The number of rotatable bonds is 8. The van der Waals surface area contributed by atoms with Gasteiger partial charge in [0.2, 0.25) is 0 Å². The molecule has 2 aliphatic carbocycles. The fourth-order valence-electron chi connectivity index (χ4n) is 6.72. The van der Waals surface area contributed by atoms with Gasteiger partial charge >= 0.3 is 6.18 Å². The second-order valence-electron chi connectivity index (χ2n) is 11.9. The second kappa shape index (κ2) is 10.3. The standard InChI is InChI=1S/C28H37F5N4O/c1-18(13-16-27(29,30)25(2,3)38)22-11-12-23-19(6-5-15-26(22,23)4)14-17-37-24(34-35-36-37)20-7-9-21(10-8-20)28(31,32)33/h7-10,14,18,22-23,38H,5-6,11-13,15-17H2,1-4H3/b19-14+/t18-,22-,23+,26-/m1/s1. The molecule has 1 aromatic heterocycles. The van der Waals surface area contributed by atoms with Gasteiger partial charge in [-0.05, 0) is 98.1 Å². The van der Waals surface area contributed by atoms with Gasteiger partial charge in [-0.1, -0.05) is 37.6 Å². The third kappa shape index (κ3) is 5.65. The van der Waals surface area contributed by atoms with E-state index in [1.54, 1.807) is 4.68 Å². The lowest BCUT2D eigenvalue weighted by Crippen LogP contribution is -2.43. The Hall–Kier alpha value is -2.36. The van der Waals surface area contributed by atoms with Crippen molar-refractivity contribution in [2.75, 3.05) is 0 Å². The SMILES string of the molecule is C[C@H](CCC(F)(F)C(C)(C)O)[C@H]1CC[C@H]2/C(=C/Cn3nnnc3-c3ccc(C(F)(F)F)cc3)CCC[C@]12C. The van der Waals surface area contributed by atoms with E-state index in [4.69, 9.17) is 0 Å². The van der Waals surface area contributed by atoms with Crippen molar-refractivity contribution < 1.29 is 27.1 Å². The first-order valence-corrected chi connectivity index (χ1v) is 13.4. The number of tetrazole rings is 1. The van der Waals surface area contributed by atoms with Crippen molar-refractivity contribution in [3.63, 3.8) is 0 Å². The molecule has 0 bridgehead atoms. The number of aromatic nitrogens is 4. The molecule has 0 unspecified atom stereocenters. The van der Waals surface area contributed by atoms with E-state index in [-0.39, 0.29) is 17.8 Å². The van der Waals surface area contributed by atoms with Gasteiger partial charge in [-0.25, -0.2) is 13.5 Å². The Morgan fingerprint density at radius 3 is 2.45 bits per heavy atom. The van der Waals surface area contributed by atoms with Crippen LogP contribution in [0.3, 0.4) is 0 Å². The maximum atomic E-state index is 14.4. The average molecular weight is 541 g/mol. The molecule has 0 saturated heterocycles. The maximum absolute atomic E-state index is 14.4. The molecule has 4 rings (SSSR count). The van der Waals surface area contributed by atoms with Gasteiger partial charge in [0, 0.05) is 12.0 Å². The molecule has 2 saturated carbocycles. The van der Waals surface area contributed by atoms with Crippen LogP contribution in [0, 0.1) is 23.2 Å². The molecule has 4 atom stereocenters. The number of allylic oxidation sites excluding steroid dienone is 2. The van der Waals surface area contributed by atoms with Crippen LogP contribution in [0.1, 0.15) is 78.2 Å². The van der Waals surface area contributed by atoms with Crippen LogP contribution in [0.2, 0.25) is 0 Å². The van der Waals surface area contributed by atoms with Crippen molar-refractivity contribution in [1.29, 1.82) is 0 Å². The highest BCUT2D eigenvalue weighted by Gasteiger charge is 2.51. The average Bonchev–Trinajstić information content (AvgIpc) is 3.44. The largest absolute Gasteiger partial charge is 0.416 e. The summed E-state index contributed by atoms with van der Waals surface area (Å²) in [5, 5.41) is 21.7. The van der Waals surface area contributed by atoms with Crippen LogP contribution in [0.25, 0.3) is 11.4 Å². The van der Waals surface area contributed by atoms with Crippen LogP contribution in [0.4, 0.5) is 22.0 Å². The minimum absolute atomic E-state index is 0.0182. The molecule has 210 valence electrons. The van der Waals surface area contributed by atoms with E-state index in [2.05, 4.69) is 35.4 Å². The number of hydrogen-bond acceptors (Lipinski definition) is 4. The lowest BCUT2D eigenvalue weighted by molar-refractivity contribution is -0.168. The number of fused-ring (bicyclic) bond motifs is 1. The molecule has 0 aliphatic heterocycles. The summed E-state index contributed by atoms with van der Waals surface area (Å²) in [5.41, 5.74) is -0.913. The zero-order valence-electron chi connectivity index (χ0n) is 22.4. The summed E-state index contributed by atoms with van der Waals surface area (Å²) in [6.45, 7) is 7.09. The molecule has 0 radical (unpaired) electrons. The fourth-order valence-corrected chi connectivity index (χ4v) is 6.72. The number of aliphatic hydroxyl groups is 1. The Morgan fingerprint density at radius 2 is 1.82 bits per heavy atom. The molecule has 2 aromatic rings. The van der Waals surface area contributed by atoms with Crippen molar-refractivity contribution >= 4 is 0 Å². The summed E-state index contributed by atoms with van der Waals surface area (Å²) >= 11 is 0. The number of alkyl halides is 5. The number of nitrogens with zero attached hydrogens (tertiary/aromatic N) is 4. The first-order valence-electron chi connectivity index (χ1n) is 13.4. The van der Waals surface area contributed by atoms with E-state index < -0.39 is 23.3 Å². The Balaban J connectivity index is 1.46. The number of benzene rings is 1. The topological polar surface area (TPSA) is 63.8 Å². The van der Waals surface area contributed by atoms with E-state index in [9.17, 15) is 27.1 Å². The molecule has 0 spiro atoms. The molecule has 2 aliphatic rings. The summed E-state index contributed by atoms with van der Waals surface area (Å²) in [6.07, 6.45) is 2.77. The van der Waals surface area contributed by atoms with Crippen LogP contribution < -0.4 is 0 Å². The molecule has 2 fully saturated rings. The molecular formula is C28H37F5N4O. The summed E-state index contributed by atoms with van der Waals surface area (Å²) < 4.78 is 69.2. The van der Waals surface area contributed by atoms with Crippen LogP contribution >= 0.6 is 0 Å². The van der Waals surface area contributed by atoms with Crippen LogP contribution in [-0.2, 0) is 12.7 Å². The minimum atomic E-state index is -4.41. The van der Waals surface area contributed by atoms with E-state index in [1.165, 1.54) is 17.7 Å². The molecule has 0 amide bonds. The van der Waals surface area contributed by atoms with Crippen molar-refractivity contribution in [2.24, 2.45) is 23.2 Å². The maximum Gasteiger partial charge on any atom is 0.416 e. The highest BCUT2D eigenvalue weighted by atomic mass is 19.4. The zero-order valence-corrected chi connectivity index (χ0v) is 22.4. The van der Waals surface area contributed by atoms with Crippen molar-refractivity contribution in [3.05, 3.63) is 41.5 Å². The van der Waals surface area contributed by atoms with Crippen LogP contribution in [0.15, 0.2) is 35.9 Å². The van der Waals surface area contributed by atoms with Gasteiger partial charge in [0.25, 0.3) is 5.92 Å². The van der Waals surface area contributed by atoms with Gasteiger partial charge in [-0.2, -0.15) is 13.2 Å². The fraction of sp³-hybridized carbons (Fsp3) is 0.679. The Morgan fingerprint density at radius 1 is 1.13 bits per heavy atom. The Labute approximate surface area is 220 Å². The molecule has 10 heteroatoms. The van der Waals surface area contributed by atoms with Gasteiger partial charge in [0.1, 0.15) is 5.60 Å². The van der Waals surface area contributed by atoms with Crippen LogP contribution in [0.5, 0.6) is 0 Å². The first kappa shape index (κ1) is 28.6. The van der Waals surface area contributed by atoms with Gasteiger partial charge in [0.15, 0.2) is 5.82 Å². The zero-order chi connectivity index (χ0) is 27.9. The first-order chi connectivity index (χ1) is 17.6. The molecule has 1 aromatic carbocycles. The summed E-state index contributed by atoms with van der Waals surface area (Å²) in [4.78, 5) is 0. The monoisotopic (exact) mass is 540 g/mol. The number of hydrogen-bond donors (Lipinski definition) is 1. The summed E-state index contributed by atoms with van der Waals surface area (Å²) in [7, 11) is 0. The van der Waals surface area contributed by atoms with E-state index in [1.807, 2.05) is 0 Å². The number of halogens is 5. The smallest absolute Gasteiger partial charge is 0.384 e. The van der Waals surface area contributed by atoms with E-state index >= 15 is 0 Å². The van der Waals surface area contributed by atoms with E-state index in [0.717, 1.165) is 58.1 Å². The van der Waals surface area contributed by atoms with Crippen molar-refractivity contribution in [2.45, 2.75) is 96.9 Å². The van der Waals surface area contributed by atoms with Gasteiger partial charge in [0.05, 0.1) is 12.1 Å². The molecular weight excluding hydrogens is 503 g/mol. The summed E-state index contributed by atoms with van der Waals surface area (Å²) in [6, 6.07) is 4.80. The predicted molar refractivity (Wildman–Crippen MR) is 134 cm³/mol. The lowest BCUT2D eigenvalue weighted by atomic mass is 9.60. The Bertz CT molecular complexity index is 1140. The van der Waals surface area contributed by atoms with Gasteiger partial charge < -0.3 is 5.11 Å². The third-order valence-electron chi connectivity index (χ3n) is 9.06. The highest BCUT2D eigenvalue weighted by Crippen LogP contribution is 2.60. The lowest BCUT2D eigenvalue weighted by Gasteiger charge is -2.44.